The van der Waals surface area contributed by atoms with Crippen molar-refractivity contribution in [1.82, 2.24) is 19.6 Å². The Hall–Kier alpha value is -7.56. The Morgan fingerprint density at radius 1 is 0.587 bits per heavy atom. The average molecular weight is 848 g/mol. The first-order chi connectivity index (χ1) is 30.6. The molecule has 13 nitrogen and oxygen atoms in total. The number of benzene rings is 4. The summed E-state index contributed by atoms with van der Waals surface area (Å²) < 4.78 is 15.2. The van der Waals surface area contributed by atoms with E-state index in [4.69, 9.17) is 14.1 Å². The van der Waals surface area contributed by atoms with Gasteiger partial charge in [-0.1, -0.05) is 72.8 Å². The molecule has 0 saturated carbocycles. The SMILES string of the molecule is CC1CN(C(=O)c2ccccc2)CCN1C(=O)C(=O)c1ccc(-c2ccco2)cc1.CC1CN(C(=O)c2ccccc2)CCN1CC#N.COC(=O)c1ccc(-c2ccco2)cc1. The summed E-state index contributed by atoms with van der Waals surface area (Å²) in [6.45, 7) is 7.63. The number of rotatable bonds is 8. The quantitative estimate of drug-likeness (QED) is 0.0647. The lowest BCUT2D eigenvalue weighted by Gasteiger charge is -2.39. The van der Waals surface area contributed by atoms with Crippen molar-refractivity contribution in [1.29, 1.82) is 5.26 Å². The first kappa shape index (κ1) is 45.0. The van der Waals surface area contributed by atoms with Crippen LogP contribution in [0.5, 0.6) is 0 Å². The van der Waals surface area contributed by atoms with Crippen molar-refractivity contribution in [3.8, 4) is 28.7 Å². The van der Waals surface area contributed by atoms with Crippen molar-refractivity contribution in [3.63, 3.8) is 0 Å². The molecule has 2 unspecified atom stereocenters. The van der Waals surface area contributed by atoms with Crippen LogP contribution in [-0.2, 0) is 9.53 Å². The molecule has 8 rings (SSSR count). The maximum Gasteiger partial charge on any atom is 0.337 e. The third-order valence-electron chi connectivity index (χ3n) is 10.8. The van der Waals surface area contributed by atoms with Crippen LogP contribution in [0.4, 0.5) is 0 Å². The molecule has 2 aliphatic rings. The Morgan fingerprint density at radius 2 is 1.06 bits per heavy atom. The van der Waals surface area contributed by atoms with Crippen LogP contribution in [0.2, 0.25) is 0 Å². The van der Waals surface area contributed by atoms with Gasteiger partial charge in [0.1, 0.15) is 11.5 Å². The smallest absolute Gasteiger partial charge is 0.337 e. The molecule has 0 radical (unpaired) electrons. The molecule has 2 fully saturated rings. The Bertz CT molecular complexity index is 2470. The van der Waals surface area contributed by atoms with E-state index in [2.05, 4.69) is 22.6 Å². The third kappa shape index (κ3) is 11.6. The third-order valence-corrected chi connectivity index (χ3v) is 10.8. The second-order valence-electron chi connectivity index (χ2n) is 15.0. The zero-order valence-corrected chi connectivity index (χ0v) is 35.5. The molecule has 322 valence electrons. The zero-order chi connectivity index (χ0) is 44.7. The molecule has 3 amide bonds. The van der Waals surface area contributed by atoms with Gasteiger partial charge in [-0.25, -0.2) is 4.79 Å². The van der Waals surface area contributed by atoms with E-state index in [0.29, 0.717) is 61.7 Å². The summed E-state index contributed by atoms with van der Waals surface area (Å²) in [5, 5.41) is 8.72. The number of Topliss-reactive ketones (excluding diaryl/α,β-unsaturated/α-hetero) is 1. The monoisotopic (exact) mass is 847 g/mol. The Balaban J connectivity index is 0.000000171. The Kier molecular flexibility index (Phi) is 15.6. The summed E-state index contributed by atoms with van der Waals surface area (Å²) in [7, 11) is 1.36. The van der Waals surface area contributed by atoms with Gasteiger partial charge in [-0.05, 0) is 74.5 Å². The van der Waals surface area contributed by atoms with Gasteiger partial charge in [0.15, 0.2) is 0 Å². The minimum absolute atomic E-state index is 0.0607. The van der Waals surface area contributed by atoms with E-state index in [9.17, 15) is 24.0 Å². The van der Waals surface area contributed by atoms with E-state index in [1.165, 1.54) is 7.11 Å². The molecule has 4 aromatic carbocycles. The van der Waals surface area contributed by atoms with Crippen molar-refractivity contribution < 1.29 is 37.5 Å². The highest BCUT2D eigenvalue weighted by Gasteiger charge is 2.33. The number of furan rings is 2. The van der Waals surface area contributed by atoms with Crippen molar-refractivity contribution >= 4 is 29.5 Å². The number of nitrogens with zero attached hydrogens (tertiary/aromatic N) is 5. The molecule has 2 aromatic heterocycles. The lowest BCUT2D eigenvalue weighted by molar-refractivity contribution is -0.130. The highest BCUT2D eigenvalue weighted by atomic mass is 16.5. The predicted octanol–water partition coefficient (Wildman–Crippen LogP) is 7.59. The van der Waals surface area contributed by atoms with E-state index in [0.717, 1.165) is 29.0 Å². The lowest BCUT2D eigenvalue weighted by Crippen LogP contribution is -2.56. The summed E-state index contributed by atoms with van der Waals surface area (Å²) in [4.78, 5) is 68.9. The standard InChI is InChI=1S/C24H22N2O4.C14H17N3O.C12H10O3/c1-17-16-25(23(28)20-6-3-2-4-7-20)13-14-26(17)24(29)22(27)19-11-9-18(10-12-19)21-8-5-15-30-21;1-12-11-17(10-9-16(12)8-7-15)14(18)13-5-3-2-4-6-13;1-14-12(13)10-6-4-9(5-7-10)11-3-2-8-15-11/h2-12,15,17H,13-14,16H2,1H3;2-6,12H,8-11H2,1H3;2-8H,1H3. The number of esters is 1. The van der Waals surface area contributed by atoms with E-state index in [-0.39, 0.29) is 29.9 Å². The van der Waals surface area contributed by atoms with Crippen molar-refractivity contribution in [2.24, 2.45) is 0 Å². The van der Waals surface area contributed by atoms with Crippen molar-refractivity contribution in [2.45, 2.75) is 25.9 Å². The molecule has 0 N–H and O–H groups in total. The molecule has 2 aliphatic heterocycles. The van der Waals surface area contributed by atoms with Gasteiger partial charge in [0.25, 0.3) is 17.7 Å². The normalized spacial score (nSPS) is 16.0. The highest BCUT2D eigenvalue weighted by Crippen LogP contribution is 2.22. The molecular formula is C50H49N5O8. The van der Waals surface area contributed by atoms with E-state index in [1.807, 2.05) is 90.7 Å². The molecule has 0 bridgehead atoms. The molecule has 2 atom stereocenters. The maximum atomic E-state index is 12.8. The second-order valence-corrected chi connectivity index (χ2v) is 15.0. The summed E-state index contributed by atoms with van der Waals surface area (Å²) >= 11 is 0. The van der Waals surface area contributed by atoms with Crippen LogP contribution in [0, 0.1) is 11.3 Å². The van der Waals surface area contributed by atoms with Crippen LogP contribution in [0.3, 0.4) is 0 Å². The molecule has 6 aromatic rings. The van der Waals surface area contributed by atoms with Crippen molar-refractivity contribution in [2.75, 3.05) is 52.9 Å². The molecule has 2 saturated heterocycles. The fourth-order valence-corrected chi connectivity index (χ4v) is 7.29. The first-order valence-electron chi connectivity index (χ1n) is 20.6. The number of ether oxygens (including phenoxy) is 1. The van der Waals surface area contributed by atoms with Gasteiger partial charge in [-0.2, -0.15) is 5.26 Å². The highest BCUT2D eigenvalue weighted by molar-refractivity contribution is 6.42. The fourth-order valence-electron chi connectivity index (χ4n) is 7.29. The van der Waals surface area contributed by atoms with Gasteiger partial charge in [0, 0.05) is 79.2 Å². The zero-order valence-electron chi connectivity index (χ0n) is 35.5. The number of ketones is 1. The number of methoxy groups -OCH3 is 1. The topological polar surface area (TPSA) is 158 Å². The number of nitriles is 1. The lowest BCUT2D eigenvalue weighted by atomic mass is 10.0. The van der Waals surface area contributed by atoms with Gasteiger partial charge < -0.3 is 28.3 Å². The molecular weight excluding hydrogens is 799 g/mol. The minimum Gasteiger partial charge on any atom is -0.465 e. The van der Waals surface area contributed by atoms with Gasteiger partial charge in [-0.15, -0.1) is 0 Å². The van der Waals surface area contributed by atoms with Gasteiger partial charge in [0.05, 0.1) is 37.8 Å². The van der Waals surface area contributed by atoms with Crippen LogP contribution in [-0.4, -0.2) is 114 Å². The average Bonchev–Trinajstić information content (AvgIpc) is 4.09. The summed E-state index contributed by atoms with van der Waals surface area (Å²) in [6.07, 6.45) is 3.20. The number of carbonyl (C=O) groups excluding carboxylic acids is 5. The van der Waals surface area contributed by atoms with Crippen LogP contribution >= 0.6 is 0 Å². The molecule has 13 heteroatoms. The van der Waals surface area contributed by atoms with E-state index in [1.54, 1.807) is 76.9 Å². The van der Waals surface area contributed by atoms with Crippen LogP contribution < -0.4 is 0 Å². The number of amides is 3. The van der Waals surface area contributed by atoms with Gasteiger partial charge in [0.2, 0.25) is 5.78 Å². The summed E-state index contributed by atoms with van der Waals surface area (Å²) in [5.74, 6) is 0.0877. The van der Waals surface area contributed by atoms with Gasteiger partial charge >= 0.3 is 5.97 Å². The van der Waals surface area contributed by atoms with Crippen molar-refractivity contribution in [3.05, 3.63) is 168 Å². The van der Waals surface area contributed by atoms with Crippen LogP contribution in [0.1, 0.15) is 55.3 Å². The van der Waals surface area contributed by atoms with Gasteiger partial charge in [-0.3, -0.25) is 24.1 Å². The minimum atomic E-state index is -0.546. The summed E-state index contributed by atoms with van der Waals surface area (Å²) in [5.41, 5.74) is 4.01. The Labute approximate surface area is 366 Å². The molecule has 0 spiro atoms. The molecule has 0 aliphatic carbocycles. The Morgan fingerprint density at radius 3 is 1.49 bits per heavy atom. The predicted molar refractivity (Wildman–Crippen MR) is 236 cm³/mol. The fraction of sp³-hybridized carbons (Fsp3) is 0.240. The number of carbonyl (C=O) groups is 5. The summed E-state index contributed by atoms with van der Waals surface area (Å²) in [6, 6.07) is 41.8. The first-order valence-corrected chi connectivity index (χ1v) is 20.6. The van der Waals surface area contributed by atoms with E-state index < -0.39 is 11.7 Å². The van der Waals surface area contributed by atoms with E-state index >= 15 is 0 Å². The largest absolute Gasteiger partial charge is 0.465 e. The number of hydrogen-bond acceptors (Lipinski definition) is 10. The van der Waals surface area contributed by atoms with Crippen LogP contribution in [0.25, 0.3) is 22.6 Å². The van der Waals surface area contributed by atoms with Crippen LogP contribution in [0.15, 0.2) is 155 Å². The number of piperazine rings is 2. The number of hydrogen-bond donors (Lipinski definition) is 0. The maximum absolute atomic E-state index is 12.8. The molecule has 4 heterocycles. The molecule has 63 heavy (non-hydrogen) atoms. The second kappa shape index (κ2) is 21.8.